The van der Waals surface area contributed by atoms with Gasteiger partial charge < -0.3 is 15.2 Å². The molecule has 0 saturated carbocycles. The molecular formula is C20H20F3NO3. The third kappa shape index (κ3) is 6.06. The Kier molecular flexibility index (Phi) is 6.87. The van der Waals surface area contributed by atoms with Gasteiger partial charge in [-0.1, -0.05) is 30.3 Å². The minimum absolute atomic E-state index is 0.0174. The predicted octanol–water partition coefficient (Wildman–Crippen LogP) is 5.07. The van der Waals surface area contributed by atoms with Crippen molar-refractivity contribution in [2.75, 3.05) is 11.9 Å². The van der Waals surface area contributed by atoms with Crippen molar-refractivity contribution in [1.29, 1.82) is 0 Å². The molecule has 0 aliphatic carbocycles. The highest BCUT2D eigenvalue weighted by atomic mass is 19.4. The molecule has 1 unspecified atom stereocenters. The van der Waals surface area contributed by atoms with E-state index in [-0.39, 0.29) is 12.4 Å². The van der Waals surface area contributed by atoms with E-state index in [0.29, 0.717) is 17.7 Å². The lowest BCUT2D eigenvalue weighted by Crippen LogP contribution is -2.12. The Labute approximate surface area is 155 Å². The third-order valence-electron chi connectivity index (χ3n) is 3.79. The van der Waals surface area contributed by atoms with E-state index in [9.17, 15) is 23.1 Å². The van der Waals surface area contributed by atoms with Gasteiger partial charge in [-0.3, -0.25) is 0 Å². The van der Waals surface area contributed by atoms with Crippen LogP contribution in [0.5, 0.6) is 5.75 Å². The van der Waals surface area contributed by atoms with Crippen LogP contribution < -0.4 is 5.32 Å². The van der Waals surface area contributed by atoms with Crippen molar-refractivity contribution in [3.8, 4) is 5.75 Å². The molecule has 0 heterocycles. The Balaban J connectivity index is 2.23. The molecule has 0 aliphatic rings. The summed E-state index contributed by atoms with van der Waals surface area (Å²) in [5, 5.41) is 13.0. The molecule has 0 radical (unpaired) electrons. The van der Waals surface area contributed by atoms with E-state index in [2.05, 4.69) is 5.32 Å². The van der Waals surface area contributed by atoms with Gasteiger partial charge in [-0.2, -0.15) is 13.2 Å². The average molecular weight is 379 g/mol. The highest BCUT2D eigenvalue weighted by Crippen LogP contribution is 2.32. The Morgan fingerprint density at radius 1 is 1.19 bits per heavy atom. The molecule has 0 aromatic heterocycles. The third-order valence-corrected chi connectivity index (χ3v) is 3.79. The topological polar surface area (TPSA) is 58.6 Å². The number of hydrogen-bond acceptors (Lipinski definition) is 4. The summed E-state index contributed by atoms with van der Waals surface area (Å²) in [6.45, 7) is 1.94. The van der Waals surface area contributed by atoms with Crippen molar-refractivity contribution in [3.05, 3.63) is 71.8 Å². The SMILES string of the molecule is CCOC(=O)/C=C/CC(Nc1ccccc1O)c1ccc(C(F)(F)F)cc1. The maximum Gasteiger partial charge on any atom is 0.416 e. The number of halogens is 3. The minimum Gasteiger partial charge on any atom is -0.506 e. The van der Waals surface area contributed by atoms with Gasteiger partial charge in [-0.15, -0.1) is 0 Å². The standard InChI is InChI=1S/C20H20F3NO3/c1-2-27-19(26)9-5-7-16(24-17-6-3-4-8-18(17)25)14-10-12-15(13-11-14)20(21,22)23/h3-6,8-13,16,24-25H,2,7H2,1H3/b9-5+. The first-order valence-electron chi connectivity index (χ1n) is 8.36. The van der Waals surface area contributed by atoms with Crippen molar-refractivity contribution in [2.45, 2.75) is 25.6 Å². The number of rotatable bonds is 7. The summed E-state index contributed by atoms with van der Waals surface area (Å²) in [5.41, 5.74) is 0.279. The van der Waals surface area contributed by atoms with Gasteiger partial charge in [0.05, 0.1) is 23.9 Å². The van der Waals surface area contributed by atoms with Crippen LogP contribution in [0.15, 0.2) is 60.7 Å². The number of anilines is 1. The van der Waals surface area contributed by atoms with Crippen molar-refractivity contribution in [2.24, 2.45) is 0 Å². The molecule has 7 heteroatoms. The fraction of sp³-hybridized carbons (Fsp3) is 0.250. The van der Waals surface area contributed by atoms with Gasteiger partial charge >= 0.3 is 12.1 Å². The van der Waals surface area contributed by atoms with Crippen LogP contribution in [0, 0.1) is 0 Å². The maximum atomic E-state index is 12.8. The van der Waals surface area contributed by atoms with Crippen LogP contribution in [-0.4, -0.2) is 17.7 Å². The summed E-state index contributed by atoms with van der Waals surface area (Å²) < 4.78 is 43.1. The normalized spacial score (nSPS) is 12.7. The molecule has 0 fully saturated rings. The lowest BCUT2D eigenvalue weighted by Gasteiger charge is -2.20. The molecule has 0 spiro atoms. The molecule has 0 bridgehead atoms. The number of nitrogens with one attached hydrogen (secondary N) is 1. The Hall–Kier alpha value is -2.96. The fourth-order valence-electron chi connectivity index (χ4n) is 2.46. The second-order valence-electron chi connectivity index (χ2n) is 5.72. The second-order valence-corrected chi connectivity index (χ2v) is 5.72. The largest absolute Gasteiger partial charge is 0.506 e. The number of esters is 1. The number of phenols is 1. The second kappa shape index (κ2) is 9.12. The monoisotopic (exact) mass is 379 g/mol. The van der Waals surface area contributed by atoms with Crippen molar-refractivity contribution in [3.63, 3.8) is 0 Å². The van der Waals surface area contributed by atoms with Gasteiger partial charge in [0.2, 0.25) is 0 Å². The summed E-state index contributed by atoms with van der Waals surface area (Å²) in [4.78, 5) is 11.4. The Morgan fingerprint density at radius 2 is 1.85 bits per heavy atom. The number of carbonyl (C=O) groups excluding carboxylic acids is 1. The van der Waals surface area contributed by atoms with Crippen molar-refractivity contribution >= 4 is 11.7 Å². The maximum absolute atomic E-state index is 12.8. The summed E-state index contributed by atoms with van der Waals surface area (Å²) in [6, 6.07) is 10.8. The van der Waals surface area contributed by atoms with Crippen LogP contribution in [0.4, 0.5) is 18.9 Å². The van der Waals surface area contributed by atoms with E-state index in [0.717, 1.165) is 12.1 Å². The van der Waals surface area contributed by atoms with E-state index in [1.54, 1.807) is 31.2 Å². The molecule has 0 amide bonds. The van der Waals surface area contributed by atoms with E-state index in [1.807, 2.05) is 0 Å². The first-order chi connectivity index (χ1) is 12.8. The number of carbonyl (C=O) groups is 1. The molecule has 2 N–H and O–H groups in total. The number of ether oxygens (including phenoxy) is 1. The Bertz CT molecular complexity index is 786. The van der Waals surface area contributed by atoms with Crippen LogP contribution in [0.2, 0.25) is 0 Å². The highest BCUT2D eigenvalue weighted by Gasteiger charge is 2.30. The fourth-order valence-corrected chi connectivity index (χ4v) is 2.46. The summed E-state index contributed by atoms with van der Waals surface area (Å²) in [7, 11) is 0. The molecular weight excluding hydrogens is 359 g/mol. The van der Waals surface area contributed by atoms with Gasteiger partial charge in [0, 0.05) is 6.08 Å². The van der Waals surface area contributed by atoms with Crippen LogP contribution in [0.1, 0.15) is 30.5 Å². The van der Waals surface area contributed by atoms with Crippen LogP contribution in [0.3, 0.4) is 0 Å². The van der Waals surface area contributed by atoms with Gasteiger partial charge in [-0.25, -0.2) is 4.79 Å². The minimum atomic E-state index is -4.41. The van der Waals surface area contributed by atoms with Crippen molar-refractivity contribution in [1.82, 2.24) is 0 Å². The molecule has 2 aromatic carbocycles. The number of para-hydroxylation sites is 2. The first kappa shape index (κ1) is 20.4. The molecule has 144 valence electrons. The lowest BCUT2D eigenvalue weighted by atomic mass is 10.0. The van der Waals surface area contributed by atoms with E-state index < -0.39 is 23.8 Å². The molecule has 2 aromatic rings. The van der Waals surface area contributed by atoms with Crippen LogP contribution >= 0.6 is 0 Å². The number of phenolic OH excluding ortho intramolecular Hbond substituents is 1. The highest BCUT2D eigenvalue weighted by molar-refractivity contribution is 5.81. The molecule has 2 rings (SSSR count). The quantitative estimate of drug-likeness (QED) is 0.400. The van der Waals surface area contributed by atoms with Crippen LogP contribution in [0.25, 0.3) is 0 Å². The molecule has 1 atom stereocenters. The van der Waals surface area contributed by atoms with Crippen molar-refractivity contribution < 1.29 is 27.8 Å². The summed E-state index contributed by atoms with van der Waals surface area (Å²) in [5.74, 6) is -0.477. The molecule has 27 heavy (non-hydrogen) atoms. The van der Waals surface area contributed by atoms with E-state index >= 15 is 0 Å². The molecule has 0 aliphatic heterocycles. The zero-order valence-electron chi connectivity index (χ0n) is 14.7. The number of aromatic hydroxyl groups is 1. The first-order valence-corrected chi connectivity index (χ1v) is 8.36. The van der Waals surface area contributed by atoms with Gasteiger partial charge in [0.15, 0.2) is 0 Å². The van der Waals surface area contributed by atoms with Crippen LogP contribution in [-0.2, 0) is 15.7 Å². The molecule has 4 nitrogen and oxygen atoms in total. The number of alkyl halides is 3. The van der Waals surface area contributed by atoms with Gasteiger partial charge in [-0.05, 0) is 43.2 Å². The number of hydrogen-bond donors (Lipinski definition) is 2. The van der Waals surface area contributed by atoms with Gasteiger partial charge in [0.25, 0.3) is 0 Å². The lowest BCUT2D eigenvalue weighted by molar-refractivity contribution is -0.138. The smallest absolute Gasteiger partial charge is 0.416 e. The molecule has 0 saturated heterocycles. The summed E-state index contributed by atoms with van der Waals surface area (Å²) >= 11 is 0. The van der Waals surface area contributed by atoms with E-state index in [1.165, 1.54) is 24.3 Å². The summed E-state index contributed by atoms with van der Waals surface area (Å²) in [6.07, 6.45) is -1.26. The van der Waals surface area contributed by atoms with Gasteiger partial charge in [0.1, 0.15) is 5.75 Å². The number of benzene rings is 2. The zero-order valence-corrected chi connectivity index (χ0v) is 14.7. The van der Waals surface area contributed by atoms with E-state index in [4.69, 9.17) is 4.74 Å². The predicted molar refractivity (Wildman–Crippen MR) is 96.3 cm³/mol. The zero-order chi connectivity index (χ0) is 19.9. The average Bonchev–Trinajstić information content (AvgIpc) is 2.62. The Morgan fingerprint density at radius 3 is 2.44 bits per heavy atom.